The lowest BCUT2D eigenvalue weighted by Gasteiger charge is -2.26. The number of nitrogens with zero attached hydrogens (tertiary/aromatic N) is 2. The molecular formula is C13H20N2O2. The molecule has 0 bridgehead atoms. The Hall–Kier alpha value is -1.13. The molecule has 2 rings (SSSR count). The van der Waals surface area contributed by atoms with Crippen LogP contribution < -0.4 is 4.74 Å². The maximum absolute atomic E-state index is 5.32. The molecule has 1 fully saturated rings. The molecule has 1 aliphatic heterocycles. The molecule has 4 nitrogen and oxygen atoms in total. The van der Waals surface area contributed by atoms with Gasteiger partial charge in [0.05, 0.1) is 20.3 Å². The molecule has 2 heterocycles. The van der Waals surface area contributed by atoms with Crippen LogP contribution >= 0.6 is 0 Å². The van der Waals surface area contributed by atoms with Crippen LogP contribution in [0.3, 0.4) is 0 Å². The van der Waals surface area contributed by atoms with Crippen LogP contribution in [0.25, 0.3) is 0 Å². The van der Waals surface area contributed by atoms with Gasteiger partial charge in [-0.15, -0.1) is 0 Å². The molecule has 0 N–H and O–H groups in total. The molecule has 1 aromatic heterocycles. The molecule has 1 saturated heterocycles. The number of hydrogen-bond donors (Lipinski definition) is 0. The quantitative estimate of drug-likeness (QED) is 0.773. The Morgan fingerprint density at radius 2 is 2.18 bits per heavy atom. The van der Waals surface area contributed by atoms with Gasteiger partial charge in [-0.3, -0.25) is 4.90 Å². The first-order valence-corrected chi connectivity index (χ1v) is 6.18. The molecule has 94 valence electrons. The van der Waals surface area contributed by atoms with Gasteiger partial charge >= 0.3 is 0 Å². The van der Waals surface area contributed by atoms with Gasteiger partial charge in [0.2, 0.25) is 5.88 Å². The molecule has 1 aliphatic rings. The summed E-state index contributed by atoms with van der Waals surface area (Å²) in [5.41, 5.74) is 1.11. The summed E-state index contributed by atoms with van der Waals surface area (Å²) in [5, 5.41) is 0. The summed E-state index contributed by atoms with van der Waals surface area (Å²) < 4.78 is 10.4. The van der Waals surface area contributed by atoms with Gasteiger partial charge in [0.25, 0.3) is 0 Å². The number of ether oxygens (including phenoxy) is 2. The van der Waals surface area contributed by atoms with E-state index >= 15 is 0 Å². The van der Waals surface area contributed by atoms with Gasteiger partial charge < -0.3 is 9.47 Å². The van der Waals surface area contributed by atoms with Crippen molar-refractivity contribution in [2.24, 2.45) is 0 Å². The molecule has 0 aromatic carbocycles. The second kappa shape index (κ2) is 6.57. The van der Waals surface area contributed by atoms with Crippen molar-refractivity contribution in [3.63, 3.8) is 0 Å². The second-order valence-corrected chi connectivity index (χ2v) is 4.23. The van der Waals surface area contributed by atoms with E-state index in [2.05, 4.69) is 16.0 Å². The van der Waals surface area contributed by atoms with Crippen LogP contribution in [0.5, 0.6) is 5.88 Å². The minimum atomic E-state index is 0.703. The van der Waals surface area contributed by atoms with Gasteiger partial charge in [0, 0.05) is 24.8 Å². The summed E-state index contributed by atoms with van der Waals surface area (Å²) in [5.74, 6) is 0.703. The third-order valence-corrected chi connectivity index (χ3v) is 3.00. The third-order valence-electron chi connectivity index (χ3n) is 3.00. The Labute approximate surface area is 103 Å². The Morgan fingerprint density at radius 3 is 2.94 bits per heavy atom. The van der Waals surface area contributed by atoms with Gasteiger partial charge in [-0.25, -0.2) is 4.98 Å². The Bertz CT molecular complexity index is 338. The molecule has 0 spiro atoms. The van der Waals surface area contributed by atoms with E-state index < -0.39 is 0 Å². The highest BCUT2D eigenvalue weighted by atomic mass is 16.5. The zero-order chi connectivity index (χ0) is 11.9. The highest BCUT2D eigenvalue weighted by Gasteiger charge is 2.09. The fourth-order valence-electron chi connectivity index (χ4n) is 2.02. The zero-order valence-corrected chi connectivity index (χ0v) is 10.4. The van der Waals surface area contributed by atoms with Gasteiger partial charge in [0.15, 0.2) is 0 Å². The van der Waals surface area contributed by atoms with E-state index in [9.17, 15) is 0 Å². The minimum Gasteiger partial charge on any atom is -0.481 e. The summed E-state index contributed by atoms with van der Waals surface area (Å²) in [4.78, 5) is 6.86. The standard InChI is InChI=1S/C13H20N2O2/c1-16-13-6-2-4-12(14-13)5-3-7-15-8-10-17-11-9-15/h2,4,6H,3,5,7-11H2,1H3. The molecule has 0 radical (unpaired) electrons. The van der Waals surface area contributed by atoms with Gasteiger partial charge in [-0.05, 0) is 25.5 Å². The maximum Gasteiger partial charge on any atom is 0.213 e. The Balaban J connectivity index is 1.73. The molecule has 4 heteroatoms. The summed E-state index contributed by atoms with van der Waals surface area (Å²) in [7, 11) is 1.65. The van der Waals surface area contributed by atoms with Crippen LogP contribution in [0.15, 0.2) is 18.2 Å². The van der Waals surface area contributed by atoms with Crippen LogP contribution in [0.4, 0.5) is 0 Å². The number of aryl methyl sites for hydroxylation is 1. The average Bonchev–Trinajstić information content (AvgIpc) is 2.40. The first-order chi connectivity index (χ1) is 8.38. The molecule has 17 heavy (non-hydrogen) atoms. The highest BCUT2D eigenvalue weighted by molar-refractivity contribution is 5.15. The van der Waals surface area contributed by atoms with Crippen molar-refractivity contribution in [1.82, 2.24) is 9.88 Å². The summed E-state index contributed by atoms with van der Waals surface area (Å²) >= 11 is 0. The van der Waals surface area contributed by atoms with Gasteiger partial charge in [-0.1, -0.05) is 6.07 Å². The van der Waals surface area contributed by atoms with E-state index in [4.69, 9.17) is 9.47 Å². The van der Waals surface area contributed by atoms with E-state index in [1.165, 1.54) is 0 Å². The SMILES string of the molecule is COc1cccc(CCCN2CCOCC2)n1. The predicted molar refractivity (Wildman–Crippen MR) is 66.4 cm³/mol. The van der Waals surface area contributed by atoms with Gasteiger partial charge in [-0.2, -0.15) is 0 Å². The average molecular weight is 236 g/mol. The van der Waals surface area contributed by atoms with E-state index in [-0.39, 0.29) is 0 Å². The molecule has 0 saturated carbocycles. The maximum atomic E-state index is 5.32. The number of methoxy groups -OCH3 is 1. The molecule has 0 unspecified atom stereocenters. The fourth-order valence-corrected chi connectivity index (χ4v) is 2.02. The van der Waals surface area contributed by atoms with Crippen molar-refractivity contribution in [2.45, 2.75) is 12.8 Å². The normalized spacial score (nSPS) is 17.0. The lowest BCUT2D eigenvalue weighted by molar-refractivity contribution is 0.0374. The van der Waals surface area contributed by atoms with E-state index in [0.717, 1.165) is 51.4 Å². The van der Waals surface area contributed by atoms with Crippen molar-refractivity contribution < 1.29 is 9.47 Å². The number of rotatable bonds is 5. The highest BCUT2D eigenvalue weighted by Crippen LogP contribution is 2.09. The predicted octanol–water partition coefficient (Wildman–Crippen LogP) is 1.35. The number of hydrogen-bond acceptors (Lipinski definition) is 4. The lowest BCUT2D eigenvalue weighted by Crippen LogP contribution is -2.36. The summed E-state index contributed by atoms with van der Waals surface area (Å²) in [6.07, 6.45) is 2.15. The number of pyridine rings is 1. The third kappa shape index (κ3) is 3.98. The molecule has 1 aromatic rings. The van der Waals surface area contributed by atoms with E-state index in [1.807, 2.05) is 12.1 Å². The first kappa shape index (κ1) is 12.3. The fraction of sp³-hybridized carbons (Fsp3) is 0.615. The molecule has 0 atom stereocenters. The Kier molecular flexibility index (Phi) is 4.76. The van der Waals surface area contributed by atoms with Crippen LogP contribution in [0.2, 0.25) is 0 Å². The zero-order valence-electron chi connectivity index (χ0n) is 10.4. The van der Waals surface area contributed by atoms with Crippen molar-refractivity contribution in [1.29, 1.82) is 0 Å². The smallest absolute Gasteiger partial charge is 0.213 e. The Morgan fingerprint density at radius 1 is 1.35 bits per heavy atom. The van der Waals surface area contributed by atoms with E-state index in [0.29, 0.717) is 5.88 Å². The van der Waals surface area contributed by atoms with Crippen LogP contribution in [0.1, 0.15) is 12.1 Å². The largest absolute Gasteiger partial charge is 0.481 e. The summed E-state index contributed by atoms with van der Waals surface area (Å²) in [6, 6.07) is 5.93. The van der Waals surface area contributed by atoms with Crippen molar-refractivity contribution in [2.75, 3.05) is 40.0 Å². The van der Waals surface area contributed by atoms with Crippen molar-refractivity contribution in [3.8, 4) is 5.88 Å². The number of morpholine rings is 1. The van der Waals surface area contributed by atoms with Gasteiger partial charge in [0.1, 0.15) is 0 Å². The number of aromatic nitrogens is 1. The van der Waals surface area contributed by atoms with Crippen LogP contribution in [0, 0.1) is 0 Å². The molecular weight excluding hydrogens is 216 g/mol. The van der Waals surface area contributed by atoms with Crippen LogP contribution in [-0.4, -0.2) is 49.8 Å². The van der Waals surface area contributed by atoms with E-state index in [1.54, 1.807) is 7.11 Å². The monoisotopic (exact) mass is 236 g/mol. The minimum absolute atomic E-state index is 0.703. The van der Waals surface area contributed by atoms with Crippen molar-refractivity contribution in [3.05, 3.63) is 23.9 Å². The molecule has 0 aliphatic carbocycles. The molecule has 0 amide bonds. The second-order valence-electron chi connectivity index (χ2n) is 4.23. The topological polar surface area (TPSA) is 34.6 Å². The first-order valence-electron chi connectivity index (χ1n) is 6.18. The van der Waals surface area contributed by atoms with Crippen molar-refractivity contribution >= 4 is 0 Å². The lowest BCUT2D eigenvalue weighted by atomic mass is 10.2. The summed E-state index contributed by atoms with van der Waals surface area (Å²) in [6.45, 7) is 4.99. The van der Waals surface area contributed by atoms with Crippen LogP contribution in [-0.2, 0) is 11.2 Å².